The highest BCUT2D eigenvalue weighted by molar-refractivity contribution is 9.10. The van der Waals surface area contributed by atoms with Crippen LogP contribution in [0.4, 0.5) is 5.69 Å². The van der Waals surface area contributed by atoms with Crippen LogP contribution in [0.5, 0.6) is 0 Å². The molecular weight excluding hydrogens is 300 g/mol. The lowest BCUT2D eigenvalue weighted by Gasteiger charge is -2.11. The van der Waals surface area contributed by atoms with Crippen LogP contribution >= 0.6 is 28.1 Å². The fraction of sp³-hybridized carbons (Fsp3) is 0.333. The van der Waals surface area contributed by atoms with E-state index in [-0.39, 0.29) is 11.8 Å². The predicted molar refractivity (Wildman–Crippen MR) is 78.1 cm³/mol. The van der Waals surface area contributed by atoms with Crippen molar-refractivity contribution in [2.45, 2.75) is 20.8 Å². The molecule has 3 nitrogen and oxygen atoms in total. The Bertz CT molecular complexity index is 446. The highest BCUT2D eigenvalue weighted by Crippen LogP contribution is 2.19. The van der Waals surface area contributed by atoms with Gasteiger partial charge in [0.05, 0.1) is 0 Å². The van der Waals surface area contributed by atoms with Crippen molar-refractivity contribution >= 4 is 44.9 Å². The molecule has 0 aromatic heterocycles. The Kier molecular flexibility index (Phi) is 5.08. The first-order valence-electron chi connectivity index (χ1n) is 5.28. The van der Waals surface area contributed by atoms with Gasteiger partial charge in [-0.3, -0.25) is 4.79 Å². The Morgan fingerprint density at radius 3 is 2.59 bits per heavy atom. The Hall–Kier alpha value is -0.940. The van der Waals surface area contributed by atoms with Crippen LogP contribution in [0.1, 0.15) is 19.4 Å². The second-order valence-electron chi connectivity index (χ2n) is 4.06. The quantitative estimate of drug-likeness (QED) is 0.823. The van der Waals surface area contributed by atoms with E-state index in [1.807, 2.05) is 39.0 Å². The molecule has 1 aromatic rings. The molecular formula is C12H15BrN2OS. The van der Waals surface area contributed by atoms with Gasteiger partial charge in [0.25, 0.3) is 0 Å². The molecule has 0 saturated carbocycles. The zero-order chi connectivity index (χ0) is 13.0. The molecule has 0 saturated heterocycles. The summed E-state index contributed by atoms with van der Waals surface area (Å²) in [5.41, 5.74) is 1.97. The summed E-state index contributed by atoms with van der Waals surface area (Å²) in [5.74, 6) is -0.169. The molecule has 2 N–H and O–H groups in total. The molecule has 0 atom stereocenters. The summed E-state index contributed by atoms with van der Waals surface area (Å²) in [7, 11) is 0. The van der Waals surface area contributed by atoms with E-state index in [0.29, 0.717) is 5.11 Å². The van der Waals surface area contributed by atoms with Gasteiger partial charge in [-0.15, -0.1) is 0 Å². The van der Waals surface area contributed by atoms with Crippen molar-refractivity contribution in [1.29, 1.82) is 0 Å². The van der Waals surface area contributed by atoms with Crippen LogP contribution in [0.2, 0.25) is 0 Å². The maximum Gasteiger partial charge on any atom is 0.228 e. The van der Waals surface area contributed by atoms with Gasteiger partial charge >= 0.3 is 0 Å². The molecule has 0 aliphatic rings. The first-order valence-corrected chi connectivity index (χ1v) is 6.48. The number of amides is 1. The molecule has 0 aliphatic carbocycles. The maximum atomic E-state index is 11.4. The number of benzene rings is 1. The van der Waals surface area contributed by atoms with Crippen molar-refractivity contribution < 1.29 is 4.79 Å². The molecule has 0 aliphatic heterocycles. The molecule has 1 aromatic carbocycles. The third-order valence-corrected chi connectivity index (χ3v) is 3.27. The number of thiocarbonyl (C=S) groups is 1. The maximum absolute atomic E-state index is 11.4. The minimum atomic E-state index is -0.0867. The number of nitrogens with one attached hydrogen (secondary N) is 2. The molecule has 0 unspecified atom stereocenters. The van der Waals surface area contributed by atoms with Crippen molar-refractivity contribution in [3.8, 4) is 0 Å². The second kappa shape index (κ2) is 6.12. The number of halogens is 1. The number of hydrogen-bond acceptors (Lipinski definition) is 2. The molecule has 0 bridgehead atoms. The van der Waals surface area contributed by atoms with Crippen LogP contribution in [-0.2, 0) is 4.79 Å². The second-order valence-corrected chi connectivity index (χ2v) is 5.32. The van der Waals surface area contributed by atoms with Gasteiger partial charge in [0.1, 0.15) is 0 Å². The third-order valence-electron chi connectivity index (χ3n) is 2.18. The summed E-state index contributed by atoms with van der Waals surface area (Å²) < 4.78 is 1.04. The van der Waals surface area contributed by atoms with Gasteiger partial charge in [0.15, 0.2) is 5.11 Å². The summed E-state index contributed by atoms with van der Waals surface area (Å²) in [6.45, 7) is 5.63. The topological polar surface area (TPSA) is 41.1 Å². The zero-order valence-corrected chi connectivity index (χ0v) is 12.4. The van der Waals surface area contributed by atoms with E-state index in [1.165, 1.54) is 0 Å². The van der Waals surface area contributed by atoms with Crippen molar-refractivity contribution in [2.75, 3.05) is 5.32 Å². The molecule has 92 valence electrons. The molecule has 0 spiro atoms. The highest BCUT2D eigenvalue weighted by atomic mass is 79.9. The normalized spacial score (nSPS) is 10.2. The highest BCUT2D eigenvalue weighted by Gasteiger charge is 2.08. The Morgan fingerprint density at radius 2 is 2.06 bits per heavy atom. The lowest BCUT2D eigenvalue weighted by molar-refractivity contribution is -0.122. The smallest absolute Gasteiger partial charge is 0.228 e. The van der Waals surface area contributed by atoms with Crippen molar-refractivity contribution in [3.05, 3.63) is 28.2 Å². The lowest BCUT2D eigenvalue weighted by Crippen LogP contribution is -2.36. The molecule has 1 amide bonds. The van der Waals surface area contributed by atoms with Gasteiger partial charge in [-0.25, -0.2) is 0 Å². The van der Waals surface area contributed by atoms with E-state index in [9.17, 15) is 4.79 Å². The Balaban J connectivity index is 2.62. The number of carbonyl (C=O) groups is 1. The van der Waals surface area contributed by atoms with Crippen molar-refractivity contribution in [1.82, 2.24) is 5.32 Å². The first kappa shape index (κ1) is 14.1. The van der Waals surface area contributed by atoms with Crippen LogP contribution in [0.15, 0.2) is 22.7 Å². The minimum absolute atomic E-state index is 0.0820. The predicted octanol–water partition coefficient (Wildman–Crippen LogP) is 3.23. The number of hydrogen-bond donors (Lipinski definition) is 2. The Morgan fingerprint density at radius 1 is 1.41 bits per heavy atom. The summed E-state index contributed by atoms with van der Waals surface area (Å²) in [6, 6.07) is 5.79. The van der Waals surface area contributed by atoms with Crippen molar-refractivity contribution in [2.24, 2.45) is 5.92 Å². The number of rotatable bonds is 2. The summed E-state index contributed by atoms with van der Waals surface area (Å²) in [6.07, 6.45) is 0. The fourth-order valence-electron chi connectivity index (χ4n) is 1.14. The largest absolute Gasteiger partial charge is 0.332 e. The summed E-state index contributed by atoms with van der Waals surface area (Å²) >= 11 is 8.48. The zero-order valence-electron chi connectivity index (χ0n) is 10.0. The van der Waals surface area contributed by atoms with Gasteiger partial charge in [0.2, 0.25) is 5.91 Å². The van der Waals surface area contributed by atoms with E-state index >= 15 is 0 Å². The van der Waals surface area contributed by atoms with Crippen LogP contribution in [-0.4, -0.2) is 11.0 Å². The minimum Gasteiger partial charge on any atom is -0.332 e. The standard InChI is InChI=1S/C12H15BrN2OS/c1-7(2)11(16)15-12(17)14-9-4-5-10(13)8(3)6-9/h4-7H,1-3H3,(H2,14,15,16,17). The van der Waals surface area contributed by atoms with E-state index in [1.54, 1.807) is 0 Å². The van der Waals surface area contributed by atoms with Crippen LogP contribution < -0.4 is 10.6 Å². The molecule has 0 fully saturated rings. The van der Waals surface area contributed by atoms with E-state index in [2.05, 4.69) is 26.6 Å². The SMILES string of the molecule is Cc1cc(NC(=S)NC(=O)C(C)C)ccc1Br. The molecule has 5 heteroatoms. The number of carbonyl (C=O) groups excluding carboxylic acids is 1. The van der Waals surface area contributed by atoms with E-state index in [0.717, 1.165) is 15.7 Å². The number of anilines is 1. The average Bonchev–Trinajstić information content (AvgIpc) is 2.23. The van der Waals surface area contributed by atoms with Crippen LogP contribution in [0, 0.1) is 12.8 Å². The van der Waals surface area contributed by atoms with Gasteiger partial charge in [0, 0.05) is 16.1 Å². The van der Waals surface area contributed by atoms with Crippen LogP contribution in [0.25, 0.3) is 0 Å². The van der Waals surface area contributed by atoms with Gasteiger partial charge in [-0.1, -0.05) is 29.8 Å². The third kappa shape index (κ3) is 4.44. The average molecular weight is 315 g/mol. The summed E-state index contributed by atoms with van der Waals surface area (Å²) in [4.78, 5) is 11.4. The molecule has 17 heavy (non-hydrogen) atoms. The first-order chi connectivity index (χ1) is 7.90. The number of aryl methyl sites for hydroxylation is 1. The van der Waals surface area contributed by atoms with Crippen LogP contribution in [0.3, 0.4) is 0 Å². The Labute approximate surface area is 115 Å². The van der Waals surface area contributed by atoms with Gasteiger partial charge < -0.3 is 10.6 Å². The van der Waals surface area contributed by atoms with Crippen molar-refractivity contribution in [3.63, 3.8) is 0 Å². The molecule has 0 radical (unpaired) electrons. The molecule has 1 rings (SSSR count). The van der Waals surface area contributed by atoms with Gasteiger partial charge in [-0.2, -0.15) is 0 Å². The van der Waals surface area contributed by atoms with E-state index < -0.39 is 0 Å². The monoisotopic (exact) mass is 314 g/mol. The van der Waals surface area contributed by atoms with Gasteiger partial charge in [-0.05, 0) is 42.9 Å². The van der Waals surface area contributed by atoms with E-state index in [4.69, 9.17) is 12.2 Å². The lowest BCUT2D eigenvalue weighted by atomic mass is 10.2. The summed E-state index contributed by atoms with van der Waals surface area (Å²) in [5, 5.41) is 5.93. The fourth-order valence-corrected chi connectivity index (χ4v) is 1.61. The molecule has 0 heterocycles.